The summed E-state index contributed by atoms with van der Waals surface area (Å²) in [5, 5.41) is 13.1. The topological polar surface area (TPSA) is 117 Å². The Bertz CT molecular complexity index is 8090. The molecule has 24 rings (SSSR count). The molecule has 0 fully saturated rings. The highest BCUT2D eigenvalue weighted by Gasteiger charge is 2.25. The number of aromatic nitrogens is 5. The first kappa shape index (κ1) is 69.3. The average Bonchev–Trinajstić information content (AvgIpc) is 1.56. The van der Waals surface area contributed by atoms with Crippen LogP contribution < -0.4 is 0 Å². The summed E-state index contributed by atoms with van der Waals surface area (Å²) in [6.07, 6.45) is 0. The van der Waals surface area contributed by atoms with E-state index in [1.54, 1.807) is 0 Å². The third kappa shape index (κ3) is 12.1. The van der Waals surface area contributed by atoms with Crippen LogP contribution in [-0.4, -0.2) is 24.9 Å². The quantitative estimate of drug-likeness (QED) is 0.118. The van der Waals surface area contributed by atoms with Crippen LogP contribution in [0.5, 0.6) is 0 Å². The lowest BCUT2D eigenvalue weighted by molar-refractivity contribution is 0.669. The average molecular weight is 1530 g/mol. The molecule has 24 aromatic rings. The smallest absolute Gasteiger partial charge is 0.164 e. The standard InChI is InChI=1S/C56H34N2O2.C55H33N3O2/c1-3-15-35(16-4-1)49-34-50(58-56(57-49)36-17-5-2-6-18-36)40-22-12-20-38(32-40)37-19-11-21-39(31-37)41-26-14-30-52-53(41)48-33-47(42-23-7-8-25-44(42)55(48)60-52)46-28-13-27-45-43-24-9-10-29-51(43)59-54(45)46;1-3-14-34(15-4-1)38-18-11-19-39(32-38)55-57-53(36-16-5-2-6-17-36)56-54(58-55)37-30-28-35(29-31-37)40-23-13-27-49-50(40)47-33-46(41-20-7-8-22-43(41)52(47)60-49)45-25-12-24-44-42-21-9-10-26-48(42)59-51(44)45/h1-34H;1-33H. The van der Waals surface area contributed by atoms with Crippen LogP contribution >= 0.6 is 0 Å². The fourth-order valence-electron chi connectivity index (χ4n) is 17.6. The molecule has 120 heavy (non-hydrogen) atoms. The highest BCUT2D eigenvalue weighted by atomic mass is 16.3. The van der Waals surface area contributed by atoms with Crippen LogP contribution in [0, 0.1) is 0 Å². The van der Waals surface area contributed by atoms with Crippen LogP contribution in [0.4, 0.5) is 0 Å². The van der Waals surface area contributed by atoms with Gasteiger partial charge in [0.2, 0.25) is 0 Å². The van der Waals surface area contributed by atoms with E-state index in [2.05, 4.69) is 309 Å². The molecule has 9 nitrogen and oxygen atoms in total. The predicted molar refractivity (Wildman–Crippen MR) is 491 cm³/mol. The van der Waals surface area contributed by atoms with Gasteiger partial charge in [-0.25, -0.2) is 24.9 Å². The molecule has 6 heterocycles. The Morgan fingerprint density at radius 1 is 0.142 bits per heavy atom. The second-order valence-electron chi connectivity index (χ2n) is 30.4. The van der Waals surface area contributed by atoms with Gasteiger partial charge in [0, 0.05) is 98.4 Å². The Morgan fingerprint density at radius 3 is 0.958 bits per heavy atom. The van der Waals surface area contributed by atoms with E-state index in [1.807, 2.05) is 97.1 Å². The molecule has 560 valence electrons. The van der Waals surface area contributed by atoms with E-state index in [-0.39, 0.29) is 0 Å². The third-order valence-corrected chi connectivity index (χ3v) is 23.2. The number of fused-ring (bicyclic) bond motifs is 16. The number of furan rings is 4. The lowest BCUT2D eigenvalue weighted by Gasteiger charge is -2.12. The second kappa shape index (κ2) is 28.9. The van der Waals surface area contributed by atoms with Gasteiger partial charge in [-0.3, -0.25) is 0 Å². The number of hydrogen-bond acceptors (Lipinski definition) is 9. The summed E-state index contributed by atoms with van der Waals surface area (Å²) in [4.78, 5) is 25.2. The Balaban J connectivity index is 0.000000140. The molecule has 0 radical (unpaired) electrons. The monoisotopic (exact) mass is 1530 g/mol. The highest BCUT2D eigenvalue weighted by molar-refractivity contribution is 6.26. The third-order valence-electron chi connectivity index (χ3n) is 23.2. The summed E-state index contributed by atoms with van der Waals surface area (Å²) in [5.74, 6) is 2.56. The summed E-state index contributed by atoms with van der Waals surface area (Å²) in [6.45, 7) is 0. The fraction of sp³-hybridized carbons (Fsp3) is 0. The van der Waals surface area contributed by atoms with Gasteiger partial charge in [-0.05, 0) is 127 Å². The van der Waals surface area contributed by atoms with Crippen molar-refractivity contribution in [1.29, 1.82) is 0 Å². The minimum atomic E-state index is 0.610. The van der Waals surface area contributed by atoms with Crippen molar-refractivity contribution >= 4 is 109 Å². The van der Waals surface area contributed by atoms with Crippen molar-refractivity contribution < 1.29 is 17.7 Å². The first-order valence-corrected chi connectivity index (χ1v) is 40.3. The van der Waals surface area contributed by atoms with Crippen LogP contribution in [0.15, 0.2) is 424 Å². The second-order valence-corrected chi connectivity index (χ2v) is 30.4. The molecule has 0 unspecified atom stereocenters. The minimum Gasteiger partial charge on any atom is -0.455 e. The van der Waals surface area contributed by atoms with Gasteiger partial charge in [0.05, 0.1) is 11.4 Å². The summed E-state index contributed by atoms with van der Waals surface area (Å²) in [7, 11) is 0. The Hall–Kier alpha value is -16.2. The van der Waals surface area contributed by atoms with E-state index in [4.69, 9.17) is 42.6 Å². The van der Waals surface area contributed by atoms with Gasteiger partial charge in [0.25, 0.3) is 0 Å². The number of para-hydroxylation sites is 4. The van der Waals surface area contributed by atoms with Crippen LogP contribution in [-0.2, 0) is 0 Å². The van der Waals surface area contributed by atoms with Gasteiger partial charge < -0.3 is 17.7 Å². The number of nitrogens with zero attached hydrogens (tertiary/aromatic N) is 5. The molecular weight excluding hydrogens is 1470 g/mol. The van der Waals surface area contributed by atoms with Gasteiger partial charge in [-0.1, -0.05) is 346 Å². The van der Waals surface area contributed by atoms with Gasteiger partial charge in [-0.15, -0.1) is 0 Å². The maximum absolute atomic E-state index is 6.78. The fourth-order valence-corrected chi connectivity index (χ4v) is 17.6. The molecule has 0 amide bonds. The summed E-state index contributed by atoms with van der Waals surface area (Å²) >= 11 is 0. The molecule has 6 aromatic heterocycles. The number of rotatable bonds is 12. The summed E-state index contributed by atoms with van der Waals surface area (Å²) in [6, 6.07) is 141. The van der Waals surface area contributed by atoms with Gasteiger partial charge >= 0.3 is 0 Å². The maximum atomic E-state index is 6.78. The van der Waals surface area contributed by atoms with E-state index in [0.717, 1.165) is 221 Å². The van der Waals surface area contributed by atoms with E-state index >= 15 is 0 Å². The van der Waals surface area contributed by atoms with Crippen molar-refractivity contribution in [2.24, 2.45) is 0 Å². The van der Waals surface area contributed by atoms with Crippen LogP contribution in [0.1, 0.15) is 0 Å². The normalized spacial score (nSPS) is 11.7. The maximum Gasteiger partial charge on any atom is 0.164 e. The van der Waals surface area contributed by atoms with Gasteiger partial charge in [-0.2, -0.15) is 0 Å². The largest absolute Gasteiger partial charge is 0.455 e. The molecule has 0 spiro atoms. The summed E-state index contributed by atoms with van der Waals surface area (Å²) in [5.41, 5.74) is 27.7. The van der Waals surface area contributed by atoms with Crippen LogP contribution in [0.3, 0.4) is 0 Å². The molecule has 0 bridgehead atoms. The van der Waals surface area contributed by atoms with Crippen molar-refractivity contribution in [3.05, 3.63) is 406 Å². The molecule has 0 N–H and O–H groups in total. The van der Waals surface area contributed by atoms with E-state index in [1.165, 1.54) is 0 Å². The van der Waals surface area contributed by atoms with Gasteiger partial charge in [0.15, 0.2) is 23.3 Å². The zero-order valence-corrected chi connectivity index (χ0v) is 64.6. The molecular formula is C111H67N5O4. The lowest BCUT2D eigenvalue weighted by Crippen LogP contribution is -2.00. The molecule has 0 aliphatic rings. The number of hydrogen-bond donors (Lipinski definition) is 0. The number of benzene rings is 18. The minimum absolute atomic E-state index is 0.610. The van der Waals surface area contributed by atoms with E-state index in [9.17, 15) is 0 Å². The first-order valence-electron chi connectivity index (χ1n) is 40.3. The van der Waals surface area contributed by atoms with Crippen LogP contribution in [0.2, 0.25) is 0 Å². The Labute approximate surface area is 688 Å². The molecule has 0 aliphatic heterocycles. The zero-order chi connectivity index (χ0) is 79.1. The molecule has 0 aliphatic carbocycles. The predicted octanol–water partition coefficient (Wildman–Crippen LogP) is 30.3. The molecule has 18 aromatic carbocycles. The summed E-state index contributed by atoms with van der Waals surface area (Å²) < 4.78 is 26.7. The van der Waals surface area contributed by atoms with Crippen molar-refractivity contribution in [2.75, 3.05) is 0 Å². The molecule has 0 saturated heterocycles. The first-order chi connectivity index (χ1) is 59.5. The van der Waals surface area contributed by atoms with Crippen molar-refractivity contribution in [2.45, 2.75) is 0 Å². The van der Waals surface area contributed by atoms with Crippen molar-refractivity contribution in [3.63, 3.8) is 0 Å². The van der Waals surface area contributed by atoms with Crippen molar-refractivity contribution in [3.8, 4) is 135 Å². The zero-order valence-electron chi connectivity index (χ0n) is 64.6. The van der Waals surface area contributed by atoms with Gasteiger partial charge in [0.1, 0.15) is 44.7 Å². The lowest BCUT2D eigenvalue weighted by atomic mass is 9.92. The molecule has 9 heteroatoms. The van der Waals surface area contributed by atoms with E-state index in [0.29, 0.717) is 23.3 Å². The van der Waals surface area contributed by atoms with E-state index < -0.39 is 0 Å². The highest BCUT2D eigenvalue weighted by Crippen LogP contribution is 2.49. The molecule has 0 saturated carbocycles. The van der Waals surface area contributed by atoms with Crippen molar-refractivity contribution in [1.82, 2.24) is 24.9 Å². The SMILES string of the molecule is c1ccc(-c2cc(-c3cccc(-c4cccc(-c5cccc6oc7c8ccccc8c(-c8cccc9c8oc8ccccc89)cc7c56)c4)c3)nc(-c3ccccc3)n2)cc1.c1ccc(-c2cccc(-c3nc(-c4ccccc4)nc(-c4ccc(-c5cccc6oc7c8ccccc8c(-c8cccc9c8oc8ccccc89)cc7c56)cc4)n3)c2)cc1. The van der Waals surface area contributed by atoms with Crippen LogP contribution in [0.25, 0.3) is 244 Å². The Morgan fingerprint density at radius 2 is 0.442 bits per heavy atom. The molecule has 0 atom stereocenters. The Kier molecular flexibility index (Phi) is 16.7.